The molecule has 0 unspecified atom stereocenters. The zero-order chi connectivity index (χ0) is 18.6. The Morgan fingerprint density at radius 1 is 0.963 bits per heavy atom. The fraction of sp³-hybridized carbons (Fsp3) is 0.0909. The van der Waals surface area contributed by atoms with E-state index in [0.717, 1.165) is 22.6 Å². The van der Waals surface area contributed by atoms with Gasteiger partial charge in [-0.3, -0.25) is 4.79 Å². The Kier molecular flexibility index (Phi) is 4.58. The van der Waals surface area contributed by atoms with E-state index in [1.165, 1.54) is 0 Å². The Morgan fingerprint density at radius 3 is 2.52 bits per heavy atom. The van der Waals surface area contributed by atoms with E-state index < -0.39 is 0 Å². The molecule has 0 radical (unpaired) electrons. The summed E-state index contributed by atoms with van der Waals surface area (Å²) in [7, 11) is 0. The molecular weight excluding hydrogens is 338 g/mol. The molecule has 4 rings (SSSR count). The second-order valence-electron chi connectivity index (χ2n) is 6.19. The van der Waals surface area contributed by atoms with Crippen molar-refractivity contribution in [3.8, 4) is 11.5 Å². The number of benzene rings is 3. The highest BCUT2D eigenvalue weighted by molar-refractivity contribution is 5.93. The van der Waals surface area contributed by atoms with Gasteiger partial charge >= 0.3 is 0 Å². The molecule has 0 fully saturated rings. The third kappa shape index (κ3) is 3.67. The maximum atomic E-state index is 12.7. The van der Waals surface area contributed by atoms with E-state index in [1.54, 1.807) is 0 Å². The number of carbonyl (C=O) groups is 1. The maximum absolute atomic E-state index is 12.7. The van der Waals surface area contributed by atoms with Gasteiger partial charge in [0.15, 0.2) is 5.75 Å². The second kappa shape index (κ2) is 7.33. The number of anilines is 1. The van der Waals surface area contributed by atoms with Crippen LogP contribution in [-0.2, 0) is 11.3 Å². The lowest BCUT2D eigenvalue weighted by Crippen LogP contribution is -2.19. The molecule has 5 nitrogen and oxygen atoms in total. The Hall–Kier alpha value is -3.60. The number of hydrogen-bond donors (Lipinski definition) is 1. The largest absolute Gasteiger partial charge is 0.455 e. The number of carbonyl (C=O) groups excluding carboxylic acids is 1. The van der Waals surface area contributed by atoms with Gasteiger partial charge in [-0.25, -0.2) is 4.98 Å². The van der Waals surface area contributed by atoms with Crippen LogP contribution in [0.2, 0.25) is 0 Å². The van der Waals surface area contributed by atoms with Crippen LogP contribution in [0.4, 0.5) is 5.69 Å². The first-order valence-corrected chi connectivity index (χ1v) is 8.74. The van der Waals surface area contributed by atoms with Crippen LogP contribution in [0.1, 0.15) is 5.82 Å². The molecule has 134 valence electrons. The molecule has 0 aliphatic rings. The number of nitrogens with one attached hydrogen (secondary N) is 1. The molecule has 1 N–H and O–H groups in total. The van der Waals surface area contributed by atoms with Crippen molar-refractivity contribution in [1.82, 2.24) is 9.55 Å². The summed E-state index contributed by atoms with van der Waals surface area (Å²) >= 11 is 0. The summed E-state index contributed by atoms with van der Waals surface area (Å²) in [6.07, 6.45) is 0. The van der Waals surface area contributed by atoms with Gasteiger partial charge in [0.1, 0.15) is 18.1 Å². The van der Waals surface area contributed by atoms with E-state index >= 15 is 0 Å². The van der Waals surface area contributed by atoms with Gasteiger partial charge in [-0.05, 0) is 43.3 Å². The Balaban J connectivity index is 1.54. The third-order valence-corrected chi connectivity index (χ3v) is 4.28. The van der Waals surface area contributed by atoms with Crippen LogP contribution in [0, 0.1) is 6.92 Å². The van der Waals surface area contributed by atoms with Gasteiger partial charge < -0.3 is 14.6 Å². The molecule has 0 saturated heterocycles. The number of aromatic nitrogens is 2. The first-order valence-electron chi connectivity index (χ1n) is 8.74. The van der Waals surface area contributed by atoms with E-state index in [9.17, 15) is 4.79 Å². The molecule has 0 bridgehead atoms. The molecule has 1 aromatic heterocycles. The van der Waals surface area contributed by atoms with Crippen molar-refractivity contribution in [2.45, 2.75) is 13.5 Å². The zero-order valence-corrected chi connectivity index (χ0v) is 14.9. The number of amides is 1. The standard InChI is InChI=1S/C22H19N3O2/c1-16-23-18-11-5-7-13-20(18)25(16)15-22(26)24-19-12-6-8-14-21(19)27-17-9-3-2-4-10-17/h2-14H,15H2,1H3,(H,24,26). The average Bonchev–Trinajstić information content (AvgIpc) is 2.99. The molecule has 0 atom stereocenters. The van der Waals surface area contributed by atoms with Gasteiger partial charge in [0, 0.05) is 0 Å². The Labute approximate surface area is 157 Å². The number of imidazole rings is 1. The van der Waals surface area contributed by atoms with Crippen molar-refractivity contribution >= 4 is 22.6 Å². The summed E-state index contributed by atoms with van der Waals surface area (Å²) in [4.78, 5) is 17.2. The minimum atomic E-state index is -0.134. The second-order valence-corrected chi connectivity index (χ2v) is 6.19. The molecule has 27 heavy (non-hydrogen) atoms. The SMILES string of the molecule is Cc1nc2ccccc2n1CC(=O)Nc1ccccc1Oc1ccccc1. The number of rotatable bonds is 5. The summed E-state index contributed by atoms with van der Waals surface area (Å²) in [5.74, 6) is 1.99. The lowest BCUT2D eigenvalue weighted by Gasteiger charge is -2.13. The number of hydrogen-bond acceptors (Lipinski definition) is 3. The topological polar surface area (TPSA) is 56.2 Å². The van der Waals surface area contributed by atoms with Crippen molar-refractivity contribution in [1.29, 1.82) is 0 Å². The van der Waals surface area contributed by atoms with Crippen LogP contribution < -0.4 is 10.1 Å². The summed E-state index contributed by atoms with van der Waals surface area (Å²) in [6.45, 7) is 2.09. The predicted octanol–water partition coefficient (Wildman–Crippen LogP) is 4.78. The molecule has 1 heterocycles. The molecule has 0 saturated carbocycles. The lowest BCUT2D eigenvalue weighted by atomic mass is 10.2. The van der Waals surface area contributed by atoms with E-state index in [1.807, 2.05) is 90.4 Å². The maximum Gasteiger partial charge on any atom is 0.244 e. The van der Waals surface area contributed by atoms with Crippen LogP contribution in [0.5, 0.6) is 11.5 Å². The van der Waals surface area contributed by atoms with Gasteiger partial charge in [0.05, 0.1) is 16.7 Å². The number of para-hydroxylation sites is 5. The van der Waals surface area contributed by atoms with Gasteiger partial charge in [-0.1, -0.05) is 42.5 Å². The summed E-state index contributed by atoms with van der Waals surface area (Å²) < 4.78 is 7.81. The van der Waals surface area contributed by atoms with E-state index in [-0.39, 0.29) is 12.5 Å². The van der Waals surface area contributed by atoms with Gasteiger partial charge in [-0.15, -0.1) is 0 Å². The lowest BCUT2D eigenvalue weighted by molar-refractivity contribution is -0.116. The first-order chi connectivity index (χ1) is 13.2. The van der Waals surface area contributed by atoms with Gasteiger partial charge in [0.2, 0.25) is 5.91 Å². The molecule has 5 heteroatoms. The van der Waals surface area contributed by atoms with E-state index in [4.69, 9.17) is 4.74 Å². The highest BCUT2D eigenvalue weighted by Crippen LogP contribution is 2.29. The Morgan fingerprint density at radius 2 is 1.67 bits per heavy atom. The van der Waals surface area contributed by atoms with Crippen LogP contribution in [-0.4, -0.2) is 15.5 Å². The normalized spacial score (nSPS) is 10.7. The molecule has 1 amide bonds. The summed E-state index contributed by atoms with van der Waals surface area (Å²) in [5, 5.41) is 2.95. The third-order valence-electron chi connectivity index (χ3n) is 4.28. The van der Waals surface area contributed by atoms with E-state index in [2.05, 4.69) is 10.3 Å². The smallest absolute Gasteiger partial charge is 0.244 e. The number of ether oxygens (including phenoxy) is 1. The van der Waals surface area contributed by atoms with Crippen molar-refractivity contribution in [3.05, 3.63) is 84.7 Å². The fourth-order valence-corrected chi connectivity index (χ4v) is 3.00. The number of aryl methyl sites for hydroxylation is 1. The van der Waals surface area contributed by atoms with Crippen LogP contribution in [0.25, 0.3) is 11.0 Å². The van der Waals surface area contributed by atoms with Gasteiger partial charge in [0.25, 0.3) is 0 Å². The molecular formula is C22H19N3O2. The number of nitrogens with zero attached hydrogens (tertiary/aromatic N) is 2. The molecule has 3 aromatic carbocycles. The molecule has 0 aliphatic heterocycles. The summed E-state index contributed by atoms with van der Waals surface area (Å²) in [5.41, 5.74) is 2.46. The summed E-state index contributed by atoms with van der Waals surface area (Å²) in [6, 6.07) is 24.7. The monoisotopic (exact) mass is 357 g/mol. The van der Waals surface area contributed by atoms with Crippen molar-refractivity contribution < 1.29 is 9.53 Å². The first kappa shape index (κ1) is 16.8. The number of fused-ring (bicyclic) bond motifs is 1. The fourth-order valence-electron chi connectivity index (χ4n) is 3.00. The minimum absolute atomic E-state index is 0.134. The van der Waals surface area contributed by atoms with Crippen molar-refractivity contribution in [3.63, 3.8) is 0 Å². The van der Waals surface area contributed by atoms with Crippen molar-refractivity contribution in [2.24, 2.45) is 0 Å². The van der Waals surface area contributed by atoms with Crippen LogP contribution in [0.15, 0.2) is 78.9 Å². The zero-order valence-electron chi connectivity index (χ0n) is 14.9. The molecule has 0 aliphatic carbocycles. The van der Waals surface area contributed by atoms with Gasteiger partial charge in [-0.2, -0.15) is 0 Å². The molecule has 0 spiro atoms. The Bertz CT molecular complexity index is 1090. The van der Waals surface area contributed by atoms with E-state index in [0.29, 0.717) is 11.4 Å². The molecule has 4 aromatic rings. The highest BCUT2D eigenvalue weighted by atomic mass is 16.5. The quantitative estimate of drug-likeness (QED) is 0.559. The van der Waals surface area contributed by atoms with Crippen molar-refractivity contribution in [2.75, 3.05) is 5.32 Å². The highest BCUT2D eigenvalue weighted by Gasteiger charge is 2.13. The predicted molar refractivity (Wildman–Crippen MR) is 106 cm³/mol. The average molecular weight is 357 g/mol. The van der Waals surface area contributed by atoms with Crippen LogP contribution in [0.3, 0.4) is 0 Å². The van der Waals surface area contributed by atoms with Crippen LogP contribution >= 0.6 is 0 Å². The minimum Gasteiger partial charge on any atom is -0.455 e.